The maximum absolute atomic E-state index is 12.7. The predicted octanol–water partition coefficient (Wildman–Crippen LogP) is 3.24. The highest BCUT2D eigenvalue weighted by molar-refractivity contribution is 6.30. The standard InChI is InChI=1S/C23H23ClN2O5/c1-14(23(29)25-11-15-5-6-15)26-19-9-16(7-8-21(19)31-13-22(26)28)20(27)12-30-18-4-2-3-17(24)10-18/h2-4,7-10,14-15H,5-6,11-13H2,1H3,(H,25,29). The van der Waals surface area contributed by atoms with E-state index in [1.807, 2.05) is 0 Å². The van der Waals surface area contributed by atoms with Gasteiger partial charge in [0.05, 0.1) is 5.69 Å². The molecule has 4 rings (SSSR count). The molecule has 1 atom stereocenters. The summed E-state index contributed by atoms with van der Waals surface area (Å²) in [5.74, 6) is 0.642. The fourth-order valence-corrected chi connectivity index (χ4v) is 3.57. The average molecular weight is 443 g/mol. The summed E-state index contributed by atoms with van der Waals surface area (Å²) < 4.78 is 11.0. The predicted molar refractivity (Wildman–Crippen MR) is 116 cm³/mol. The van der Waals surface area contributed by atoms with Crippen LogP contribution in [0.1, 0.15) is 30.1 Å². The monoisotopic (exact) mass is 442 g/mol. The molecule has 1 heterocycles. The maximum atomic E-state index is 12.7. The molecule has 1 aliphatic carbocycles. The van der Waals surface area contributed by atoms with E-state index in [0.717, 1.165) is 12.8 Å². The minimum atomic E-state index is -0.720. The Labute approximate surface area is 185 Å². The van der Waals surface area contributed by atoms with Crippen LogP contribution >= 0.6 is 11.6 Å². The van der Waals surface area contributed by atoms with E-state index in [4.69, 9.17) is 21.1 Å². The number of Topliss-reactive ketones (excluding diaryl/α,β-unsaturated/α-hetero) is 1. The van der Waals surface area contributed by atoms with Crippen LogP contribution in [0.15, 0.2) is 42.5 Å². The van der Waals surface area contributed by atoms with Gasteiger partial charge >= 0.3 is 0 Å². The fourth-order valence-electron chi connectivity index (χ4n) is 3.39. The van der Waals surface area contributed by atoms with Crippen molar-refractivity contribution in [1.82, 2.24) is 5.32 Å². The smallest absolute Gasteiger partial charge is 0.265 e. The molecule has 162 valence electrons. The van der Waals surface area contributed by atoms with Crippen molar-refractivity contribution in [2.24, 2.45) is 5.92 Å². The highest BCUT2D eigenvalue weighted by Gasteiger charge is 2.34. The lowest BCUT2D eigenvalue weighted by molar-refractivity contribution is -0.127. The molecule has 0 spiro atoms. The Morgan fingerprint density at radius 3 is 2.81 bits per heavy atom. The summed E-state index contributed by atoms with van der Waals surface area (Å²) in [5, 5.41) is 3.41. The van der Waals surface area contributed by atoms with Gasteiger partial charge in [-0.25, -0.2) is 0 Å². The Morgan fingerprint density at radius 2 is 2.06 bits per heavy atom. The molecule has 2 aromatic carbocycles. The normalized spacial score (nSPS) is 16.2. The molecule has 0 saturated heterocycles. The van der Waals surface area contributed by atoms with Crippen molar-refractivity contribution in [2.45, 2.75) is 25.8 Å². The van der Waals surface area contributed by atoms with Gasteiger partial charge in [-0.15, -0.1) is 0 Å². The average Bonchev–Trinajstić information content (AvgIpc) is 3.59. The summed E-state index contributed by atoms with van der Waals surface area (Å²) in [6.45, 7) is 1.95. The molecule has 0 bridgehead atoms. The van der Waals surface area contributed by atoms with Gasteiger partial charge in [-0.3, -0.25) is 19.3 Å². The summed E-state index contributed by atoms with van der Waals surface area (Å²) in [6.07, 6.45) is 2.24. The van der Waals surface area contributed by atoms with Crippen LogP contribution in [0, 0.1) is 5.92 Å². The number of hydrogen-bond donors (Lipinski definition) is 1. The number of amides is 2. The Morgan fingerprint density at radius 1 is 1.26 bits per heavy atom. The largest absolute Gasteiger partial charge is 0.485 e. The SMILES string of the molecule is CC(C(=O)NCC1CC1)N1C(=O)COc2ccc(C(=O)COc3cccc(Cl)c3)cc21. The minimum absolute atomic E-state index is 0.154. The van der Waals surface area contributed by atoms with Crippen LogP contribution in [0.2, 0.25) is 5.02 Å². The van der Waals surface area contributed by atoms with Crippen LogP contribution in [-0.2, 0) is 9.59 Å². The van der Waals surface area contributed by atoms with Crippen molar-refractivity contribution in [2.75, 3.05) is 24.7 Å². The van der Waals surface area contributed by atoms with Gasteiger partial charge in [0, 0.05) is 17.1 Å². The van der Waals surface area contributed by atoms with Crippen LogP contribution in [0.3, 0.4) is 0 Å². The number of ketones is 1. The summed E-state index contributed by atoms with van der Waals surface area (Å²) in [6, 6.07) is 10.9. The van der Waals surface area contributed by atoms with Crippen molar-refractivity contribution in [1.29, 1.82) is 0 Å². The molecule has 1 aliphatic heterocycles. The third-order valence-corrected chi connectivity index (χ3v) is 5.59. The van der Waals surface area contributed by atoms with E-state index in [9.17, 15) is 14.4 Å². The first-order valence-corrected chi connectivity index (χ1v) is 10.6. The Balaban J connectivity index is 1.50. The molecule has 7 nitrogen and oxygen atoms in total. The molecule has 2 amide bonds. The van der Waals surface area contributed by atoms with Crippen molar-refractivity contribution >= 4 is 34.9 Å². The van der Waals surface area contributed by atoms with E-state index in [-0.39, 0.29) is 30.8 Å². The van der Waals surface area contributed by atoms with Gasteiger partial charge in [-0.2, -0.15) is 0 Å². The van der Waals surface area contributed by atoms with Crippen molar-refractivity contribution in [3.05, 3.63) is 53.1 Å². The number of hydrogen-bond acceptors (Lipinski definition) is 5. The van der Waals surface area contributed by atoms with E-state index in [1.165, 1.54) is 4.90 Å². The van der Waals surface area contributed by atoms with Crippen molar-refractivity contribution in [3.63, 3.8) is 0 Å². The third kappa shape index (κ3) is 4.99. The zero-order valence-electron chi connectivity index (χ0n) is 17.1. The number of carbonyl (C=O) groups is 3. The second-order valence-electron chi connectivity index (χ2n) is 7.77. The van der Waals surface area contributed by atoms with Crippen LogP contribution in [0.4, 0.5) is 5.69 Å². The number of carbonyl (C=O) groups excluding carboxylic acids is 3. The number of rotatable bonds is 8. The number of nitrogens with one attached hydrogen (secondary N) is 1. The summed E-state index contributed by atoms with van der Waals surface area (Å²) in [7, 11) is 0. The number of fused-ring (bicyclic) bond motifs is 1. The molecule has 1 saturated carbocycles. The molecule has 8 heteroatoms. The van der Waals surface area contributed by atoms with Gasteiger partial charge < -0.3 is 14.8 Å². The van der Waals surface area contributed by atoms with E-state index >= 15 is 0 Å². The zero-order valence-corrected chi connectivity index (χ0v) is 17.9. The number of halogens is 1. The lowest BCUT2D eigenvalue weighted by atomic mass is 10.1. The molecular weight excluding hydrogens is 420 g/mol. The molecular formula is C23H23ClN2O5. The highest BCUT2D eigenvalue weighted by atomic mass is 35.5. The van der Waals surface area contributed by atoms with Gasteiger partial charge in [0.1, 0.15) is 17.5 Å². The first-order chi connectivity index (χ1) is 14.9. The molecule has 1 N–H and O–H groups in total. The van der Waals surface area contributed by atoms with Crippen molar-refractivity contribution in [3.8, 4) is 11.5 Å². The van der Waals surface area contributed by atoms with Gasteiger partial charge in [-0.1, -0.05) is 17.7 Å². The van der Waals surface area contributed by atoms with Crippen LogP contribution in [0.5, 0.6) is 11.5 Å². The maximum Gasteiger partial charge on any atom is 0.265 e. The van der Waals surface area contributed by atoms with Crippen LogP contribution in [-0.4, -0.2) is 43.4 Å². The van der Waals surface area contributed by atoms with Crippen molar-refractivity contribution < 1.29 is 23.9 Å². The van der Waals surface area contributed by atoms with Crippen LogP contribution < -0.4 is 19.7 Å². The molecule has 1 fully saturated rings. The van der Waals surface area contributed by atoms with Crippen LogP contribution in [0.25, 0.3) is 0 Å². The Kier molecular flexibility index (Phi) is 6.13. The minimum Gasteiger partial charge on any atom is -0.485 e. The first-order valence-electron chi connectivity index (χ1n) is 10.2. The number of anilines is 1. The quantitative estimate of drug-likeness (QED) is 0.634. The third-order valence-electron chi connectivity index (χ3n) is 5.35. The molecule has 31 heavy (non-hydrogen) atoms. The summed E-state index contributed by atoms with van der Waals surface area (Å²) >= 11 is 5.94. The Bertz CT molecular complexity index is 1020. The zero-order chi connectivity index (χ0) is 22.0. The van der Waals surface area contributed by atoms with Gasteiger partial charge in [-0.05, 0) is 62.1 Å². The Hall–Kier alpha value is -3.06. The lowest BCUT2D eigenvalue weighted by Gasteiger charge is -2.33. The van der Waals surface area contributed by atoms with Gasteiger partial charge in [0.15, 0.2) is 19.0 Å². The van der Waals surface area contributed by atoms with E-state index in [1.54, 1.807) is 49.4 Å². The molecule has 1 unspecified atom stereocenters. The highest BCUT2D eigenvalue weighted by Crippen LogP contribution is 2.35. The van der Waals surface area contributed by atoms with Gasteiger partial charge in [0.25, 0.3) is 5.91 Å². The second kappa shape index (κ2) is 8.98. The topological polar surface area (TPSA) is 84.9 Å². The molecule has 2 aromatic rings. The first kappa shape index (κ1) is 21.2. The number of benzene rings is 2. The number of ether oxygens (including phenoxy) is 2. The van der Waals surface area contributed by atoms with E-state index in [2.05, 4.69) is 5.32 Å². The molecule has 0 radical (unpaired) electrons. The summed E-state index contributed by atoms with van der Waals surface area (Å²) in [4.78, 5) is 39.2. The van der Waals surface area contributed by atoms with Gasteiger partial charge in [0.2, 0.25) is 5.91 Å². The van der Waals surface area contributed by atoms with E-state index < -0.39 is 6.04 Å². The second-order valence-corrected chi connectivity index (χ2v) is 8.21. The molecule has 0 aromatic heterocycles. The van der Waals surface area contributed by atoms with E-state index in [0.29, 0.717) is 40.2 Å². The fraction of sp³-hybridized carbons (Fsp3) is 0.348. The molecule has 2 aliphatic rings. The lowest BCUT2D eigenvalue weighted by Crippen LogP contribution is -2.51. The number of nitrogens with zero attached hydrogens (tertiary/aromatic N) is 1. The summed E-state index contributed by atoms with van der Waals surface area (Å²) in [5.41, 5.74) is 0.758.